The van der Waals surface area contributed by atoms with Gasteiger partial charge in [0, 0.05) is 15.6 Å². The fourth-order valence-corrected chi connectivity index (χ4v) is 1.76. The molecular weight excluding hydrogens is 291 g/mol. The third kappa shape index (κ3) is 2.08. The van der Waals surface area contributed by atoms with E-state index in [4.69, 9.17) is 27.7 Å². The van der Waals surface area contributed by atoms with Crippen molar-refractivity contribution in [1.29, 1.82) is 0 Å². The highest BCUT2D eigenvalue weighted by molar-refractivity contribution is 9.10. The minimum atomic E-state index is 0.376. The normalized spacial score (nSPS) is 10.5. The molecule has 0 saturated heterocycles. The Balaban J connectivity index is 2.51. The largest absolute Gasteiger partial charge is 0.333 e. The molecule has 0 N–H and O–H groups in total. The summed E-state index contributed by atoms with van der Waals surface area (Å²) in [7, 11) is 0. The van der Waals surface area contributed by atoms with Crippen LogP contribution < -0.4 is 0 Å². The van der Waals surface area contributed by atoms with E-state index >= 15 is 0 Å². The average Bonchev–Trinajstić information content (AvgIpc) is 2.50. The molecule has 1 aromatic heterocycles. The van der Waals surface area contributed by atoms with Gasteiger partial charge in [-0.1, -0.05) is 23.2 Å². The van der Waals surface area contributed by atoms with Gasteiger partial charge in [-0.15, -0.1) is 0 Å². The van der Waals surface area contributed by atoms with E-state index in [0.717, 1.165) is 0 Å². The molecule has 0 atom stereocenters. The predicted octanol–water partition coefficient (Wildman–Crippen LogP) is 3.81. The summed E-state index contributed by atoms with van der Waals surface area (Å²) in [5, 5.41) is 4.66. The molecule has 0 saturated carbocycles. The Kier molecular flexibility index (Phi) is 2.76. The summed E-state index contributed by atoms with van der Waals surface area (Å²) < 4.78 is 5.33. The van der Waals surface area contributed by atoms with Crippen LogP contribution in [-0.2, 0) is 0 Å². The van der Waals surface area contributed by atoms with E-state index in [0.29, 0.717) is 26.2 Å². The first-order valence-electron chi connectivity index (χ1n) is 3.61. The van der Waals surface area contributed by atoms with Crippen LogP contribution in [0.4, 0.5) is 0 Å². The summed E-state index contributed by atoms with van der Waals surface area (Å²) in [5.74, 6) is 0.376. The van der Waals surface area contributed by atoms with E-state index in [9.17, 15) is 0 Å². The molecule has 1 heterocycles. The van der Waals surface area contributed by atoms with Crippen molar-refractivity contribution in [3.05, 3.63) is 33.0 Å². The zero-order valence-corrected chi connectivity index (χ0v) is 9.77. The maximum Gasteiger partial charge on any atom is 0.258 e. The van der Waals surface area contributed by atoms with Gasteiger partial charge in [-0.25, -0.2) is 0 Å². The minimum absolute atomic E-state index is 0.376. The molecule has 6 heteroatoms. The summed E-state index contributed by atoms with van der Waals surface area (Å²) in [4.78, 5) is 3.98. The van der Waals surface area contributed by atoms with Crippen LogP contribution in [-0.4, -0.2) is 10.1 Å². The lowest BCUT2D eigenvalue weighted by Gasteiger charge is -1.96. The number of halogens is 3. The highest BCUT2D eigenvalue weighted by atomic mass is 79.9. The van der Waals surface area contributed by atoms with Crippen molar-refractivity contribution < 1.29 is 4.52 Å². The number of rotatable bonds is 1. The summed E-state index contributed by atoms with van der Waals surface area (Å²) >= 11 is 14.7. The fraction of sp³-hybridized carbons (Fsp3) is 0. The Morgan fingerprint density at radius 3 is 2.29 bits per heavy atom. The molecule has 0 fully saturated rings. The monoisotopic (exact) mass is 292 g/mol. The van der Waals surface area contributed by atoms with Crippen LogP contribution in [0.3, 0.4) is 0 Å². The Bertz CT molecular complexity index is 452. The Morgan fingerprint density at radius 1 is 1.14 bits per heavy atom. The molecular formula is C8H3BrCl2N2O. The van der Waals surface area contributed by atoms with E-state index in [1.165, 1.54) is 0 Å². The Morgan fingerprint density at radius 2 is 1.79 bits per heavy atom. The van der Waals surface area contributed by atoms with Crippen LogP contribution in [0.15, 0.2) is 27.5 Å². The van der Waals surface area contributed by atoms with Gasteiger partial charge < -0.3 is 4.52 Å². The molecule has 14 heavy (non-hydrogen) atoms. The Labute approximate surface area is 98.1 Å². The van der Waals surface area contributed by atoms with E-state index in [1.54, 1.807) is 18.2 Å². The maximum absolute atomic E-state index is 5.82. The van der Waals surface area contributed by atoms with Crippen molar-refractivity contribution in [2.75, 3.05) is 0 Å². The maximum atomic E-state index is 5.82. The summed E-state index contributed by atoms with van der Waals surface area (Å²) in [5.41, 5.74) is 0.695. The van der Waals surface area contributed by atoms with Gasteiger partial charge in [-0.05, 0) is 39.3 Å². The molecule has 0 aliphatic heterocycles. The summed E-state index contributed by atoms with van der Waals surface area (Å²) in [6.45, 7) is 0. The van der Waals surface area contributed by atoms with Crippen LogP contribution in [0, 0.1) is 0 Å². The lowest BCUT2D eigenvalue weighted by Crippen LogP contribution is -1.77. The highest BCUT2D eigenvalue weighted by Crippen LogP contribution is 2.26. The highest BCUT2D eigenvalue weighted by Gasteiger charge is 2.08. The zero-order valence-electron chi connectivity index (χ0n) is 6.67. The fourth-order valence-electron chi connectivity index (χ4n) is 1.00. The second-order valence-corrected chi connectivity index (χ2v) is 4.11. The van der Waals surface area contributed by atoms with Gasteiger partial charge in [0.05, 0.1) is 0 Å². The number of hydrogen-bond donors (Lipinski definition) is 0. The van der Waals surface area contributed by atoms with Crippen LogP contribution in [0.2, 0.25) is 10.0 Å². The molecule has 0 aliphatic carbocycles. The standard InChI is InChI=1S/C8H3BrCl2N2O/c9-8-12-7(14-13-8)4-1-5(10)3-6(11)2-4/h1-3H. The van der Waals surface area contributed by atoms with Crippen molar-refractivity contribution >= 4 is 39.1 Å². The van der Waals surface area contributed by atoms with Crippen LogP contribution in [0.5, 0.6) is 0 Å². The summed E-state index contributed by atoms with van der Waals surface area (Å²) in [6.07, 6.45) is 0. The van der Waals surface area contributed by atoms with E-state index in [1.807, 2.05) is 0 Å². The molecule has 0 amide bonds. The third-order valence-corrected chi connectivity index (χ3v) is 2.27. The van der Waals surface area contributed by atoms with E-state index in [2.05, 4.69) is 26.1 Å². The van der Waals surface area contributed by atoms with Gasteiger partial charge in [0.25, 0.3) is 5.89 Å². The second-order valence-electron chi connectivity index (χ2n) is 2.53. The van der Waals surface area contributed by atoms with Crippen LogP contribution in [0.1, 0.15) is 0 Å². The topological polar surface area (TPSA) is 38.9 Å². The molecule has 0 unspecified atom stereocenters. The SMILES string of the molecule is Clc1cc(Cl)cc(-c2nc(Br)no2)c1. The first-order valence-corrected chi connectivity index (χ1v) is 5.16. The average molecular weight is 294 g/mol. The number of aromatic nitrogens is 2. The number of nitrogens with zero attached hydrogens (tertiary/aromatic N) is 2. The molecule has 72 valence electrons. The van der Waals surface area contributed by atoms with Crippen LogP contribution >= 0.6 is 39.1 Å². The zero-order chi connectivity index (χ0) is 10.1. The smallest absolute Gasteiger partial charge is 0.258 e. The van der Waals surface area contributed by atoms with Gasteiger partial charge in [0.15, 0.2) is 0 Å². The van der Waals surface area contributed by atoms with Crippen molar-refractivity contribution in [3.8, 4) is 11.5 Å². The molecule has 1 aromatic carbocycles. The van der Waals surface area contributed by atoms with Crippen molar-refractivity contribution in [2.24, 2.45) is 0 Å². The second kappa shape index (κ2) is 3.88. The van der Waals surface area contributed by atoms with Gasteiger partial charge in [0.1, 0.15) is 0 Å². The first kappa shape index (κ1) is 9.96. The van der Waals surface area contributed by atoms with Crippen LogP contribution in [0.25, 0.3) is 11.5 Å². The van der Waals surface area contributed by atoms with E-state index < -0.39 is 0 Å². The van der Waals surface area contributed by atoms with Gasteiger partial charge in [0.2, 0.25) is 4.73 Å². The number of benzene rings is 1. The molecule has 2 rings (SSSR count). The molecule has 0 spiro atoms. The van der Waals surface area contributed by atoms with Crippen molar-refractivity contribution in [1.82, 2.24) is 10.1 Å². The molecule has 3 nitrogen and oxygen atoms in total. The molecule has 0 bridgehead atoms. The quantitative estimate of drug-likeness (QED) is 0.802. The molecule has 2 aromatic rings. The van der Waals surface area contributed by atoms with Gasteiger partial charge in [-0.2, -0.15) is 4.98 Å². The Hall–Kier alpha value is -0.580. The lowest BCUT2D eigenvalue weighted by molar-refractivity contribution is 0.426. The van der Waals surface area contributed by atoms with Crippen molar-refractivity contribution in [3.63, 3.8) is 0 Å². The molecule has 0 radical (unpaired) electrons. The third-order valence-electron chi connectivity index (χ3n) is 1.51. The van der Waals surface area contributed by atoms with Gasteiger partial charge >= 0.3 is 0 Å². The first-order chi connectivity index (χ1) is 6.65. The van der Waals surface area contributed by atoms with Crippen molar-refractivity contribution in [2.45, 2.75) is 0 Å². The van der Waals surface area contributed by atoms with E-state index in [-0.39, 0.29) is 0 Å². The van der Waals surface area contributed by atoms with Gasteiger partial charge in [-0.3, -0.25) is 0 Å². The number of hydrogen-bond acceptors (Lipinski definition) is 3. The predicted molar refractivity (Wildman–Crippen MR) is 57.5 cm³/mol. The lowest BCUT2D eigenvalue weighted by atomic mass is 10.2. The summed E-state index contributed by atoms with van der Waals surface area (Å²) in [6, 6.07) is 5.04. The minimum Gasteiger partial charge on any atom is -0.333 e. The molecule has 0 aliphatic rings.